The van der Waals surface area contributed by atoms with Gasteiger partial charge in [-0.25, -0.2) is 0 Å². The third-order valence-electron chi connectivity index (χ3n) is 2.40. The Labute approximate surface area is 88.1 Å². The molecule has 15 heavy (non-hydrogen) atoms. The smallest absolute Gasteiger partial charge is 0.184 e. The maximum absolute atomic E-state index is 9.42. The van der Waals surface area contributed by atoms with E-state index >= 15 is 0 Å². The number of hydrogen-bond donors (Lipinski definition) is 2. The Morgan fingerprint density at radius 3 is 2.67 bits per heavy atom. The molecule has 1 aliphatic rings. The maximum atomic E-state index is 9.42. The van der Waals surface area contributed by atoms with E-state index in [9.17, 15) is 5.11 Å². The molecule has 1 aliphatic heterocycles. The van der Waals surface area contributed by atoms with Crippen molar-refractivity contribution in [2.75, 3.05) is 13.2 Å². The highest BCUT2D eigenvalue weighted by Gasteiger charge is 2.30. The first-order valence-corrected chi connectivity index (χ1v) is 4.92. The fourth-order valence-corrected chi connectivity index (χ4v) is 1.53. The van der Waals surface area contributed by atoms with Crippen molar-refractivity contribution in [2.45, 2.75) is 18.5 Å². The Hall–Kier alpha value is -0.940. The van der Waals surface area contributed by atoms with Crippen LogP contribution in [0.2, 0.25) is 0 Å². The lowest BCUT2D eigenvalue weighted by Crippen LogP contribution is -2.42. The van der Waals surface area contributed by atoms with Crippen molar-refractivity contribution < 1.29 is 19.7 Å². The molecule has 0 saturated carbocycles. The van der Waals surface area contributed by atoms with Crippen LogP contribution in [0.4, 0.5) is 0 Å². The van der Waals surface area contributed by atoms with E-state index in [4.69, 9.17) is 14.6 Å². The third kappa shape index (κ3) is 2.35. The summed E-state index contributed by atoms with van der Waals surface area (Å²) in [6, 6.07) is 9.46. The summed E-state index contributed by atoms with van der Waals surface area (Å²) in [5.74, 6) is 0. The predicted octanol–water partition coefficient (Wildman–Crippen LogP) is 0.454. The van der Waals surface area contributed by atoms with Crippen LogP contribution < -0.4 is 0 Å². The lowest BCUT2D eigenvalue weighted by Gasteiger charge is -2.33. The molecule has 2 N–H and O–H groups in total. The molecule has 0 unspecified atom stereocenters. The fourth-order valence-electron chi connectivity index (χ4n) is 1.53. The predicted molar refractivity (Wildman–Crippen MR) is 53.1 cm³/mol. The van der Waals surface area contributed by atoms with Gasteiger partial charge in [-0.05, 0) is 0 Å². The van der Waals surface area contributed by atoms with Gasteiger partial charge in [-0.3, -0.25) is 0 Å². The highest BCUT2D eigenvalue weighted by molar-refractivity contribution is 5.16. The van der Waals surface area contributed by atoms with E-state index in [2.05, 4.69) is 0 Å². The van der Waals surface area contributed by atoms with E-state index < -0.39 is 18.5 Å². The molecule has 0 aromatic heterocycles. The van der Waals surface area contributed by atoms with Gasteiger partial charge in [0.1, 0.15) is 12.2 Å². The molecule has 1 heterocycles. The average molecular weight is 210 g/mol. The van der Waals surface area contributed by atoms with Gasteiger partial charge in [0.05, 0.1) is 13.2 Å². The van der Waals surface area contributed by atoms with Crippen molar-refractivity contribution in [1.29, 1.82) is 0 Å². The van der Waals surface area contributed by atoms with Gasteiger partial charge in [0.2, 0.25) is 0 Å². The number of aliphatic hydroxyl groups is 2. The second-order valence-electron chi connectivity index (χ2n) is 3.50. The van der Waals surface area contributed by atoms with Gasteiger partial charge < -0.3 is 19.7 Å². The molecule has 0 bridgehead atoms. The Morgan fingerprint density at radius 2 is 2.00 bits per heavy atom. The summed E-state index contributed by atoms with van der Waals surface area (Å²) in [6.07, 6.45) is -1.81. The van der Waals surface area contributed by atoms with Crippen molar-refractivity contribution in [3.63, 3.8) is 0 Å². The number of hydrogen-bond acceptors (Lipinski definition) is 4. The van der Waals surface area contributed by atoms with Crippen molar-refractivity contribution >= 4 is 0 Å². The molecule has 0 radical (unpaired) electrons. The third-order valence-corrected chi connectivity index (χ3v) is 2.40. The van der Waals surface area contributed by atoms with Gasteiger partial charge in [0, 0.05) is 5.56 Å². The van der Waals surface area contributed by atoms with Crippen LogP contribution in [0.3, 0.4) is 0 Å². The lowest BCUT2D eigenvalue weighted by atomic mass is 10.1. The molecular weight excluding hydrogens is 196 g/mol. The molecule has 0 amide bonds. The Morgan fingerprint density at radius 1 is 1.27 bits per heavy atom. The fraction of sp³-hybridized carbons (Fsp3) is 0.455. The van der Waals surface area contributed by atoms with Crippen LogP contribution in [-0.4, -0.2) is 35.6 Å². The maximum Gasteiger partial charge on any atom is 0.184 e. The molecule has 4 nitrogen and oxygen atoms in total. The second-order valence-corrected chi connectivity index (χ2v) is 3.50. The summed E-state index contributed by atoms with van der Waals surface area (Å²) in [6.45, 7) is -0.0152. The van der Waals surface area contributed by atoms with E-state index in [1.807, 2.05) is 30.3 Å². The van der Waals surface area contributed by atoms with E-state index in [1.165, 1.54) is 0 Å². The molecule has 82 valence electrons. The minimum atomic E-state index is -0.755. The van der Waals surface area contributed by atoms with Crippen LogP contribution in [0.5, 0.6) is 0 Å². The number of benzene rings is 1. The molecular formula is C11H14O4. The molecule has 1 fully saturated rings. The summed E-state index contributed by atoms with van der Waals surface area (Å²) in [5, 5.41) is 18.4. The van der Waals surface area contributed by atoms with Crippen LogP contribution >= 0.6 is 0 Å². The number of ether oxygens (including phenoxy) is 2. The highest BCUT2D eigenvalue weighted by atomic mass is 16.7. The van der Waals surface area contributed by atoms with Crippen molar-refractivity contribution in [1.82, 2.24) is 0 Å². The summed E-state index contributed by atoms with van der Waals surface area (Å²) >= 11 is 0. The lowest BCUT2D eigenvalue weighted by molar-refractivity contribution is -0.263. The van der Waals surface area contributed by atoms with E-state index in [1.54, 1.807) is 0 Å². The summed E-state index contributed by atoms with van der Waals surface area (Å²) in [5.41, 5.74) is 0.892. The van der Waals surface area contributed by atoms with E-state index in [-0.39, 0.29) is 13.2 Å². The normalized spacial score (nSPS) is 31.5. The summed E-state index contributed by atoms with van der Waals surface area (Å²) < 4.78 is 10.7. The monoisotopic (exact) mass is 210 g/mol. The number of rotatable bonds is 2. The van der Waals surface area contributed by atoms with Gasteiger partial charge >= 0.3 is 0 Å². The zero-order valence-electron chi connectivity index (χ0n) is 8.24. The first kappa shape index (κ1) is 10.6. The van der Waals surface area contributed by atoms with Crippen LogP contribution in [-0.2, 0) is 9.47 Å². The first-order valence-electron chi connectivity index (χ1n) is 4.92. The molecule has 1 aromatic rings. The molecule has 3 atom stereocenters. The van der Waals surface area contributed by atoms with Crippen molar-refractivity contribution in [3.05, 3.63) is 35.9 Å². The van der Waals surface area contributed by atoms with Crippen LogP contribution in [0, 0.1) is 0 Å². The zero-order chi connectivity index (χ0) is 10.7. The van der Waals surface area contributed by atoms with Crippen LogP contribution in [0.25, 0.3) is 0 Å². The minimum Gasteiger partial charge on any atom is -0.394 e. The first-order chi connectivity index (χ1) is 7.31. The Kier molecular flexibility index (Phi) is 3.33. The number of aliphatic hydroxyl groups excluding tert-OH is 2. The van der Waals surface area contributed by atoms with E-state index in [0.717, 1.165) is 5.56 Å². The highest BCUT2D eigenvalue weighted by Crippen LogP contribution is 2.25. The van der Waals surface area contributed by atoms with Gasteiger partial charge in [-0.15, -0.1) is 0 Å². The summed E-state index contributed by atoms with van der Waals surface area (Å²) in [4.78, 5) is 0. The van der Waals surface area contributed by atoms with Gasteiger partial charge in [0.15, 0.2) is 6.29 Å². The largest absolute Gasteiger partial charge is 0.394 e. The van der Waals surface area contributed by atoms with E-state index in [0.29, 0.717) is 0 Å². The summed E-state index contributed by atoms with van der Waals surface area (Å²) in [7, 11) is 0. The zero-order valence-corrected chi connectivity index (χ0v) is 8.24. The van der Waals surface area contributed by atoms with Crippen molar-refractivity contribution in [3.8, 4) is 0 Å². The molecule has 4 heteroatoms. The minimum absolute atomic E-state index is 0.185. The SMILES string of the molecule is OC[C@@H]1O[C@H](c2ccccc2)OC[C@H]1O. The molecule has 0 aliphatic carbocycles. The topological polar surface area (TPSA) is 58.9 Å². The van der Waals surface area contributed by atoms with Gasteiger partial charge in [-0.1, -0.05) is 30.3 Å². The second kappa shape index (κ2) is 4.72. The average Bonchev–Trinajstić information content (AvgIpc) is 2.31. The van der Waals surface area contributed by atoms with Crippen LogP contribution in [0.1, 0.15) is 11.9 Å². The molecule has 1 saturated heterocycles. The Balaban J connectivity index is 2.06. The van der Waals surface area contributed by atoms with Crippen molar-refractivity contribution in [2.24, 2.45) is 0 Å². The van der Waals surface area contributed by atoms with Gasteiger partial charge in [0.25, 0.3) is 0 Å². The molecule has 0 spiro atoms. The molecule has 2 rings (SSSR count). The standard InChI is InChI=1S/C11H14O4/c12-6-10-9(13)7-14-11(15-10)8-4-2-1-3-5-8/h1-5,9-13H,6-7H2/t9-,10+,11-/m1/s1. The van der Waals surface area contributed by atoms with Crippen LogP contribution in [0.15, 0.2) is 30.3 Å². The molecule has 1 aromatic carbocycles. The Bertz CT molecular complexity index is 301. The quantitative estimate of drug-likeness (QED) is 0.744. The van der Waals surface area contributed by atoms with Gasteiger partial charge in [-0.2, -0.15) is 0 Å².